The standard InChI is InChI=1S/C36H66O12S4/c1-35(2,47-28-46-30(10-19-41-18-8-23-49)13-22-44-33(39)16-26-52)17-7-5-6-9-34(40)48-36(3,4)27-45-29(11-20-42-31(37)14-24-50)12-21-43-32(38)15-25-51/h29-30,49-52H,5-28H2,1-4H3. The van der Waals surface area contributed by atoms with Crippen molar-refractivity contribution in [1.29, 1.82) is 0 Å². The molecular formula is C36H66O12S4. The number of hydrogen-bond acceptors (Lipinski definition) is 16. The van der Waals surface area contributed by atoms with Crippen LogP contribution in [0.5, 0.6) is 0 Å². The molecule has 306 valence electrons. The topological polar surface area (TPSA) is 142 Å². The van der Waals surface area contributed by atoms with Crippen LogP contribution in [-0.4, -0.2) is 117 Å². The van der Waals surface area contributed by atoms with E-state index in [0.717, 1.165) is 31.4 Å². The lowest BCUT2D eigenvalue weighted by molar-refractivity contribution is -0.166. The molecule has 1 unspecified atom stereocenters. The third kappa shape index (κ3) is 31.5. The predicted octanol–water partition coefficient (Wildman–Crippen LogP) is 6.27. The Bertz CT molecular complexity index is 930. The van der Waals surface area contributed by atoms with Gasteiger partial charge < -0.3 is 37.9 Å². The van der Waals surface area contributed by atoms with E-state index in [-0.39, 0.29) is 95.0 Å². The van der Waals surface area contributed by atoms with Crippen molar-refractivity contribution >= 4 is 74.4 Å². The fourth-order valence-electron chi connectivity index (χ4n) is 4.57. The molecule has 0 aromatic heterocycles. The Morgan fingerprint density at radius 2 is 1.02 bits per heavy atom. The van der Waals surface area contributed by atoms with Crippen molar-refractivity contribution in [3.63, 3.8) is 0 Å². The first-order valence-electron chi connectivity index (χ1n) is 18.3. The van der Waals surface area contributed by atoms with Crippen molar-refractivity contribution in [3.8, 4) is 0 Å². The molecule has 12 nitrogen and oxygen atoms in total. The summed E-state index contributed by atoms with van der Waals surface area (Å²) in [5.41, 5.74) is -1.32. The number of ether oxygens (including phenoxy) is 8. The van der Waals surface area contributed by atoms with Crippen LogP contribution < -0.4 is 0 Å². The van der Waals surface area contributed by atoms with E-state index >= 15 is 0 Å². The minimum Gasteiger partial charge on any atom is -0.466 e. The van der Waals surface area contributed by atoms with E-state index in [1.165, 1.54) is 0 Å². The van der Waals surface area contributed by atoms with Crippen molar-refractivity contribution in [2.24, 2.45) is 0 Å². The van der Waals surface area contributed by atoms with Gasteiger partial charge in [0.1, 0.15) is 12.4 Å². The zero-order chi connectivity index (χ0) is 39.1. The van der Waals surface area contributed by atoms with E-state index in [9.17, 15) is 19.2 Å². The molecule has 0 aromatic rings. The number of hydrogen-bond donors (Lipinski definition) is 4. The van der Waals surface area contributed by atoms with Crippen LogP contribution in [0.4, 0.5) is 0 Å². The van der Waals surface area contributed by atoms with Gasteiger partial charge in [0.2, 0.25) is 0 Å². The van der Waals surface area contributed by atoms with Crippen LogP contribution in [0.25, 0.3) is 0 Å². The molecule has 0 N–H and O–H groups in total. The lowest BCUT2D eigenvalue weighted by atomic mass is 10.00. The Morgan fingerprint density at radius 1 is 0.519 bits per heavy atom. The Morgan fingerprint density at radius 3 is 1.52 bits per heavy atom. The predicted molar refractivity (Wildman–Crippen MR) is 214 cm³/mol. The molecule has 16 heteroatoms. The van der Waals surface area contributed by atoms with E-state index in [4.69, 9.17) is 37.9 Å². The fourth-order valence-corrected chi connectivity index (χ4v) is 5.25. The van der Waals surface area contributed by atoms with Gasteiger partial charge in [-0.2, -0.15) is 50.5 Å². The fraction of sp³-hybridized carbons (Fsp3) is 0.889. The lowest BCUT2D eigenvalue weighted by Crippen LogP contribution is -2.36. The second-order valence-electron chi connectivity index (χ2n) is 13.5. The highest BCUT2D eigenvalue weighted by Crippen LogP contribution is 2.21. The molecule has 0 radical (unpaired) electrons. The van der Waals surface area contributed by atoms with Gasteiger partial charge in [0.05, 0.1) is 63.5 Å². The number of esters is 4. The average Bonchev–Trinajstić information content (AvgIpc) is 3.06. The highest BCUT2D eigenvalue weighted by Gasteiger charge is 2.26. The van der Waals surface area contributed by atoms with E-state index < -0.39 is 11.2 Å². The minimum absolute atomic E-state index is 0.103. The normalized spacial score (nSPS) is 12.5. The van der Waals surface area contributed by atoms with Gasteiger partial charge in [0.15, 0.2) is 0 Å². The summed E-state index contributed by atoms with van der Waals surface area (Å²) < 4.78 is 45.2. The number of unbranched alkanes of at least 4 members (excludes halogenated alkanes) is 2. The van der Waals surface area contributed by atoms with Gasteiger partial charge in [-0.25, -0.2) is 0 Å². The minimum atomic E-state index is -0.888. The first-order chi connectivity index (χ1) is 24.8. The second kappa shape index (κ2) is 32.4. The summed E-state index contributed by atoms with van der Waals surface area (Å²) in [6.07, 6.45) is 6.43. The summed E-state index contributed by atoms with van der Waals surface area (Å²) in [5.74, 6) is 0.744. The zero-order valence-corrected chi connectivity index (χ0v) is 35.4. The molecule has 0 saturated carbocycles. The van der Waals surface area contributed by atoms with Crippen LogP contribution in [0, 0.1) is 0 Å². The van der Waals surface area contributed by atoms with Crippen LogP contribution in [0.2, 0.25) is 0 Å². The second-order valence-corrected chi connectivity index (χ2v) is 15.3. The molecule has 0 heterocycles. The number of thiol groups is 4. The summed E-state index contributed by atoms with van der Waals surface area (Å²) in [5, 5.41) is 0. The van der Waals surface area contributed by atoms with Crippen LogP contribution >= 0.6 is 50.5 Å². The molecule has 0 aliphatic rings. The molecule has 0 fully saturated rings. The van der Waals surface area contributed by atoms with Crippen LogP contribution in [-0.2, 0) is 57.1 Å². The average molecular weight is 819 g/mol. The van der Waals surface area contributed by atoms with Crippen molar-refractivity contribution in [1.82, 2.24) is 0 Å². The monoisotopic (exact) mass is 818 g/mol. The van der Waals surface area contributed by atoms with Gasteiger partial charge in [-0.05, 0) is 59.1 Å². The molecule has 0 bridgehead atoms. The summed E-state index contributed by atoms with van der Waals surface area (Å²) in [6.45, 7) is 9.53. The largest absolute Gasteiger partial charge is 0.466 e. The molecule has 0 aromatic carbocycles. The summed E-state index contributed by atoms with van der Waals surface area (Å²) >= 11 is 16.3. The highest BCUT2D eigenvalue weighted by atomic mass is 32.1. The Balaban J connectivity index is 4.59. The maximum Gasteiger partial charge on any atom is 0.306 e. The van der Waals surface area contributed by atoms with Crippen LogP contribution in [0.3, 0.4) is 0 Å². The van der Waals surface area contributed by atoms with Gasteiger partial charge in [0.25, 0.3) is 0 Å². The molecule has 0 spiro atoms. The molecule has 0 saturated heterocycles. The Labute approximate surface area is 334 Å². The van der Waals surface area contributed by atoms with Crippen molar-refractivity contribution < 1.29 is 57.1 Å². The summed E-state index contributed by atoms with van der Waals surface area (Å²) in [6, 6.07) is 0. The Kier molecular flexibility index (Phi) is 31.8. The Hall–Kier alpha value is -0.880. The van der Waals surface area contributed by atoms with Gasteiger partial charge >= 0.3 is 23.9 Å². The van der Waals surface area contributed by atoms with E-state index in [1.54, 1.807) is 13.8 Å². The van der Waals surface area contributed by atoms with Crippen LogP contribution in [0.15, 0.2) is 0 Å². The first kappa shape index (κ1) is 51.1. The van der Waals surface area contributed by atoms with Gasteiger partial charge in [-0.1, -0.05) is 12.8 Å². The SMILES string of the molecule is CC(C)(CCCCCC(=O)OC(C)(C)COC(CCOC(=O)CCS)CCOC(=O)CCS)OCOC(CCOCCCS)CCOC(=O)CCS. The summed E-state index contributed by atoms with van der Waals surface area (Å²) in [7, 11) is 0. The molecule has 0 amide bonds. The lowest BCUT2D eigenvalue weighted by Gasteiger charge is -2.28. The number of carbonyl (C=O) groups excluding carboxylic acids is 4. The zero-order valence-electron chi connectivity index (χ0n) is 31.8. The molecular weight excluding hydrogens is 753 g/mol. The summed E-state index contributed by atoms with van der Waals surface area (Å²) in [4.78, 5) is 47.8. The van der Waals surface area contributed by atoms with E-state index in [2.05, 4.69) is 50.5 Å². The van der Waals surface area contributed by atoms with Crippen molar-refractivity contribution in [2.75, 3.05) is 69.4 Å². The van der Waals surface area contributed by atoms with Gasteiger partial charge in [0, 0.05) is 56.2 Å². The van der Waals surface area contributed by atoms with Gasteiger partial charge in [-0.15, -0.1) is 0 Å². The van der Waals surface area contributed by atoms with Gasteiger partial charge in [-0.3, -0.25) is 19.2 Å². The third-order valence-corrected chi connectivity index (χ3v) is 8.54. The maximum absolute atomic E-state index is 12.7. The van der Waals surface area contributed by atoms with Crippen molar-refractivity contribution in [3.05, 3.63) is 0 Å². The smallest absolute Gasteiger partial charge is 0.306 e. The van der Waals surface area contributed by atoms with Crippen LogP contribution in [0.1, 0.15) is 111 Å². The molecule has 0 aliphatic carbocycles. The quantitative estimate of drug-likeness (QED) is 0.0188. The number of rotatable bonds is 35. The van der Waals surface area contributed by atoms with E-state index in [1.807, 2.05) is 13.8 Å². The molecule has 0 rings (SSSR count). The molecule has 1 atom stereocenters. The number of carbonyl (C=O) groups is 4. The third-order valence-electron chi connectivity index (χ3n) is 7.56. The van der Waals surface area contributed by atoms with Crippen molar-refractivity contribution in [2.45, 2.75) is 135 Å². The first-order valence-corrected chi connectivity index (χ1v) is 20.9. The molecule has 0 aliphatic heterocycles. The van der Waals surface area contributed by atoms with E-state index in [0.29, 0.717) is 62.6 Å². The maximum atomic E-state index is 12.7. The highest BCUT2D eigenvalue weighted by molar-refractivity contribution is 7.80. The molecule has 52 heavy (non-hydrogen) atoms.